The van der Waals surface area contributed by atoms with E-state index in [1.165, 1.54) is 13.3 Å². The third-order valence-electron chi connectivity index (χ3n) is 2.10. The highest BCUT2D eigenvalue weighted by Crippen LogP contribution is 2.21. The van der Waals surface area contributed by atoms with Crippen LogP contribution in [0, 0.1) is 0 Å². The van der Waals surface area contributed by atoms with Crippen LogP contribution >= 0.6 is 11.5 Å². The summed E-state index contributed by atoms with van der Waals surface area (Å²) >= 11 is 1.10. The SMILES string of the molecule is COc1ccc(N)c(C(=O)Nc2cnns2)c1. The first kappa shape index (κ1) is 11.3. The van der Waals surface area contributed by atoms with Crippen molar-refractivity contribution in [3.8, 4) is 5.75 Å². The van der Waals surface area contributed by atoms with Crippen molar-refractivity contribution in [1.82, 2.24) is 9.59 Å². The van der Waals surface area contributed by atoms with Crippen molar-refractivity contribution in [2.45, 2.75) is 0 Å². The zero-order valence-electron chi connectivity index (χ0n) is 9.01. The third-order valence-corrected chi connectivity index (χ3v) is 2.68. The molecular formula is C10H10N4O2S. The summed E-state index contributed by atoms with van der Waals surface area (Å²) in [7, 11) is 1.53. The molecular weight excluding hydrogens is 240 g/mol. The van der Waals surface area contributed by atoms with Crippen LogP contribution in [0.15, 0.2) is 24.4 Å². The number of rotatable bonds is 3. The first-order valence-electron chi connectivity index (χ1n) is 4.73. The van der Waals surface area contributed by atoms with Gasteiger partial charge < -0.3 is 15.8 Å². The minimum atomic E-state index is -0.313. The minimum absolute atomic E-state index is 0.313. The first-order chi connectivity index (χ1) is 8.20. The van der Waals surface area contributed by atoms with Gasteiger partial charge in [0.05, 0.1) is 18.9 Å². The Bertz CT molecular complexity index is 527. The van der Waals surface area contributed by atoms with Crippen molar-refractivity contribution in [2.24, 2.45) is 0 Å². The Kier molecular flexibility index (Phi) is 3.20. The number of nitrogens with one attached hydrogen (secondary N) is 1. The van der Waals surface area contributed by atoms with Gasteiger partial charge >= 0.3 is 0 Å². The summed E-state index contributed by atoms with van der Waals surface area (Å²) < 4.78 is 8.68. The van der Waals surface area contributed by atoms with Gasteiger partial charge in [-0.3, -0.25) is 4.79 Å². The van der Waals surface area contributed by atoms with Gasteiger partial charge in [-0.1, -0.05) is 4.49 Å². The van der Waals surface area contributed by atoms with Gasteiger partial charge in [0.15, 0.2) is 0 Å². The fraction of sp³-hybridized carbons (Fsp3) is 0.100. The second-order valence-electron chi connectivity index (χ2n) is 3.19. The zero-order chi connectivity index (χ0) is 12.3. The highest BCUT2D eigenvalue weighted by atomic mass is 32.1. The van der Waals surface area contributed by atoms with E-state index >= 15 is 0 Å². The molecule has 0 saturated heterocycles. The average molecular weight is 250 g/mol. The number of benzene rings is 1. The predicted molar refractivity (Wildman–Crippen MR) is 65.3 cm³/mol. The Morgan fingerprint density at radius 1 is 1.53 bits per heavy atom. The monoisotopic (exact) mass is 250 g/mol. The molecule has 0 atom stereocenters. The van der Waals surface area contributed by atoms with Gasteiger partial charge in [0, 0.05) is 17.2 Å². The van der Waals surface area contributed by atoms with Crippen LogP contribution in [0.1, 0.15) is 10.4 Å². The summed E-state index contributed by atoms with van der Waals surface area (Å²) in [5.41, 5.74) is 6.48. The van der Waals surface area contributed by atoms with E-state index in [4.69, 9.17) is 10.5 Å². The molecule has 88 valence electrons. The van der Waals surface area contributed by atoms with Crippen molar-refractivity contribution in [3.05, 3.63) is 30.0 Å². The van der Waals surface area contributed by atoms with Crippen LogP contribution < -0.4 is 15.8 Å². The van der Waals surface area contributed by atoms with Crippen LogP contribution in [0.4, 0.5) is 10.7 Å². The summed E-state index contributed by atoms with van der Waals surface area (Å²) in [6, 6.07) is 4.90. The summed E-state index contributed by atoms with van der Waals surface area (Å²) in [6.07, 6.45) is 1.47. The lowest BCUT2D eigenvalue weighted by molar-refractivity contribution is 0.102. The Hall–Kier alpha value is -2.15. The van der Waals surface area contributed by atoms with Crippen molar-refractivity contribution in [3.63, 3.8) is 0 Å². The van der Waals surface area contributed by atoms with Gasteiger partial charge in [0.2, 0.25) is 0 Å². The van der Waals surface area contributed by atoms with E-state index in [0.29, 0.717) is 22.0 Å². The quantitative estimate of drug-likeness (QED) is 0.803. The molecule has 0 fully saturated rings. The van der Waals surface area contributed by atoms with Gasteiger partial charge in [-0.2, -0.15) is 0 Å². The topological polar surface area (TPSA) is 90.1 Å². The van der Waals surface area contributed by atoms with Crippen molar-refractivity contribution in [2.75, 3.05) is 18.2 Å². The molecule has 0 bridgehead atoms. The van der Waals surface area contributed by atoms with Gasteiger partial charge in [-0.05, 0) is 18.2 Å². The number of methoxy groups -OCH3 is 1. The maximum Gasteiger partial charge on any atom is 0.258 e. The number of anilines is 2. The number of carbonyl (C=O) groups excluding carboxylic acids is 1. The summed E-state index contributed by atoms with van der Waals surface area (Å²) in [4.78, 5) is 11.9. The Balaban J connectivity index is 2.24. The van der Waals surface area contributed by atoms with Crippen molar-refractivity contribution < 1.29 is 9.53 Å². The lowest BCUT2D eigenvalue weighted by atomic mass is 10.1. The van der Waals surface area contributed by atoms with Crippen LogP contribution in [-0.4, -0.2) is 22.6 Å². The molecule has 1 heterocycles. The maximum absolute atomic E-state index is 11.9. The predicted octanol–water partition coefficient (Wildman–Crippen LogP) is 1.38. The molecule has 7 heteroatoms. The standard InChI is InChI=1S/C10H10N4O2S/c1-16-6-2-3-8(11)7(4-6)10(15)13-9-5-12-14-17-9/h2-5H,11H2,1H3,(H,13,15). The van der Waals surface area contributed by atoms with E-state index in [0.717, 1.165) is 11.5 Å². The Morgan fingerprint density at radius 3 is 3.00 bits per heavy atom. The van der Waals surface area contributed by atoms with E-state index in [1.54, 1.807) is 18.2 Å². The lowest BCUT2D eigenvalue weighted by Gasteiger charge is -2.07. The number of aromatic nitrogens is 2. The van der Waals surface area contributed by atoms with Gasteiger partial charge in [0.1, 0.15) is 10.8 Å². The molecule has 0 spiro atoms. The van der Waals surface area contributed by atoms with Gasteiger partial charge in [0.25, 0.3) is 5.91 Å². The smallest absolute Gasteiger partial charge is 0.258 e. The van der Waals surface area contributed by atoms with Crippen LogP contribution in [0.25, 0.3) is 0 Å². The van der Waals surface area contributed by atoms with E-state index in [2.05, 4.69) is 14.9 Å². The first-order valence-corrected chi connectivity index (χ1v) is 5.50. The lowest BCUT2D eigenvalue weighted by Crippen LogP contribution is -2.13. The number of carbonyl (C=O) groups is 1. The number of nitrogen functional groups attached to an aromatic ring is 1. The van der Waals surface area contributed by atoms with Crippen LogP contribution in [0.5, 0.6) is 5.75 Å². The molecule has 0 aliphatic rings. The number of hydrogen-bond acceptors (Lipinski definition) is 6. The molecule has 0 radical (unpaired) electrons. The maximum atomic E-state index is 11.9. The molecule has 1 aromatic carbocycles. The fourth-order valence-corrected chi connectivity index (χ4v) is 1.68. The molecule has 1 amide bonds. The van der Waals surface area contributed by atoms with E-state index < -0.39 is 0 Å². The van der Waals surface area contributed by atoms with Crippen LogP contribution in [0.2, 0.25) is 0 Å². The van der Waals surface area contributed by atoms with Crippen LogP contribution in [-0.2, 0) is 0 Å². The second kappa shape index (κ2) is 4.79. The van der Waals surface area contributed by atoms with E-state index in [-0.39, 0.29) is 5.91 Å². The molecule has 0 aliphatic heterocycles. The summed E-state index contributed by atoms with van der Waals surface area (Å²) in [6.45, 7) is 0. The Morgan fingerprint density at radius 2 is 2.35 bits per heavy atom. The molecule has 17 heavy (non-hydrogen) atoms. The fourth-order valence-electron chi connectivity index (χ4n) is 1.26. The van der Waals surface area contributed by atoms with E-state index in [1.807, 2.05) is 0 Å². The Labute approximate surface area is 102 Å². The van der Waals surface area contributed by atoms with E-state index in [9.17, 15) is 4.79 Å². The van der Waals surface area contributed by atoms with Crippen molar-refractivity contribution in [1.29, 1.82) is 0 Å². The molecule has 0 saturated carbocycles. The number of nitrogens with zero attached hydrogens (tertiary/aromatic N) is 2. The van der Waals surface area contributed by atoms with Gasteiger partial charge in [-0.15, -0.1) is 5.10 Å². The van der Waals surface area contributed by atoms with Crippen molar-refractivity contribution >= 4 is 28.1 Å². The zero-order valence-corrected chi connectivity index (χ0v) is 9.82. The molecule has 2 rings (SSSR count). The molecule has 2 aromatic rings. The second-order valence-corrected chi connectivity index (χ2v) is 3.97. The molecule has 6 nitrogen and oxygen atoms in total. The number of hydrogen-bond donors (Lipinski definition) is 2. The molecule has 3 N–H and O–H groups in total. The molecule has 0 aliphatic carbocycles. The highest BCUT2D eigenvalue weighted by Gasteiger charge is 2.12. The summed E-state index contributed by atoms with van der Waals surface area (Å²) in [5.74, 6) is 0.263. The van der Waals surface area contributed by atoms with Crippen LogP contribution in [0.3, 0.4) is 0 Å². The summed E-state index contributed by atoms with van der Waals surface area (Å²) in [5, 5.41) is 6.84. The number of amides is 1. The number of ether oxygens (including phenoxy) is 1. The molecule has 0 unspecified atom stereocenters. The molecule has 1 aromatic heterocycles. The minimum Gasteiger partial charge on any atom is -0.497 e. The third kappa shape index (κ3) is 2.51. The highest BCUT2D eigenvalue weighted by molar-refractivity contribution is 7.10. The van der Waals surface area contributed by atoms with Gasteiger partial charge in [-0.25, -0.2) is 0 Å². The average Bonchev–Trinajstić information content (AvgIpc) is 2.82. The number of nitrogens with two attached hydrogens (primary N) is 1. The normalized spacial score (nSPS) is 9.94. The largest absolute Gasteiger partial charge is 0.497 e.